The lowest BCUT2D eigenvalue weighted by atomic mass is 9.84. The van der Waals surface area contributed by atoms with E-state index < -0.39 is 0 Å². The molecule has 0 bridgehead atoms. The molecule has 2 aliphatic carbocycles. The maximum atomic E-state index is 14.2. The summed E-state index contributed by atoms with van der Waals surface area (Å²) in [6.45, 7) is 3.66. The predicted molar refractivity (Wildman–Crippen MR) is 140 cm³/mol. The molecule has 2 N–H and O–H groups in total. The van der Waals surface area contributed by atoms with Crippen molar-refractivity contribution in [2.24, 2.45) is 0 Å². The molecule has 1 amide bonds. The van der Waals surface area contributed by atoms with Gasteiger partial charge in [-0.15, -0.1) is 0 Å². The van der Waals surface area contributed by atoms with E-state index in [1.165, 1.54) is 69.1 Å². The Morgan fingerprint density at radius 2 is 2.00 bits per heavy atom. The fraction of sp³-hybridized carbons (Fsp3) is 0.367. The number of amides is 1. The molecular weight excluding hydrogens is 437 g/mol. The first-order valence-corrected chi connectivity index (χ1v) is 13.0. The number of rotatable bonds is 5. The second kappa shape index (κ2) is 9.46. The van der Waals surface area contributed by atoms with Crippen molar-refractivity contribution in [2.45, 2.75) is 50.4 Å². The van der Waals surface area contributed by atoms with Crippen LogP contribution in [0.15, 0.2) is 60.5 Å². The van der Waals surface area contributed by atoms with E-state index in [-0.39, 0.29) is 17.7 Å². The number of hydrogen-bond donors (Lipinski definition) is 2. The highest BCUT2D eigenvalue weighted by molar-refractivity contribution is 6.35. The summed E-state index contributed by atoms with van der Waals surface area (Å²) in [5.74, 6) is -0.0224. The molecule has 2 atom stereocenters. The zero-order valence-corrected chi connectivity index (χ0v) is 20.0. The van der Waals surface area contributed by atoms with Crippen molar-refractivity contribution >= 4 is 23.2 Å². The summed E-state index contributed by atoms with van der Waals surface area (Å²) in [4.78, 5) is 19.3. The van der Waals surface area contributed by atoms with Crippen molar-refractivity contribution in [3.63, 3.8) is 0 Å². The molecule has 180 valence electrons. The Balaban J connectivity index is 1.32. The van der Waals surface area contributed by atoms with Crippen LogP contribution < -0.4 is 5.32 Å². The SMILES string of the molecule is O=C1Nc2cccc(C3C=CC=CC(F)=C3)c2/C1=C/c1cc2c([nH]1)CCCC2CCN1CCCC1. The van der Waals surface area contributed by atoms with E-state index in [0.717, 1.165) is 28.9 Å². The van der Waals surface area contributed by atoms with Gasteiger partial charge in [-0.25, -0.2) is 4.39 Å². The van der Waals surface area contributed by atoms with Crippen LogP contribution in [0.4, 0.5) is 10.1 Å². The summed E-state index contributed by atoms with van der Waals surface area (Å²) in [5, 5.41) is 3.02. The third-order valence-electron chi connectivity index (χ3n) is 7.91. The quantitative estimate of drug-likeness (QED) is 0.493. The van der Waals surface area contributed by atoms with Crippen LogP contribution in [0.2, 0.25) is 0 Å². The Morgan fingerprint density at radius 1 is 1.11 bits per heavy atom. The molecule has 5 heteroatoms. The maximum absolute atomic E-state index is 14.2. The van der Waals surface area contributed by atoms with Gasteiger partial charge in [-0.2, -0.15) is 0 Å². The Labute approximate surface area is 206 Å². The number of allylic oxidation sites excluding steroid dienone is 6. The van der Waals surface area contributed by atoms with E-state index in [9.17, 15) is 9.18 Å². The van der Waals surface area contributed by atoms with Crippen molar-refractivity contribution in [3.05, 3.63) is 88.6 Å². The molecule has 1 saturated heterocycles. The van der Waals surface area contributed by atoms with Gasteiger partial charge in [0.05, 0.1) is 5.57 Å². The van der Waals surface area contributed by atoms with Gasteiger partial charge in [0.1, 0.15) is 5.83 Å². The second-order valence-electron chi connectivity index (χ2n) is 10.2. The summed E-state index contributed by atoms with van der Waals surface area (Å²) < 4.78 is 14.2. The largest absolute Gasteiger partial charge is 0.359 e. The molecule has 1 aromatic carbocycles. The zero-order chi connectivity index (χ0) is 23.8. The third-order valence-corrected chi connectivity index (χ3v) is 7.91. The number of H-pyrrole nitrogens is 1. The molecule has 1 aromatic heterocycles. The Kier molecular flexibility index (Phi) is 6.03. The molecule has 1 fully saturated rings. The second-order valence-corrected chi connectivity index (χ2v) is 10.2. The predicted octanol–water partition coefficient (Wildman–Crippen LogP) is 6.48. The highest BCUT2D eigenvalue weighted by Gasteiger charge is 2.30. The lowest BCUT2D eigenvalue weighted by Gasteiger charge is -2.25. The first-order valence-electron chi connectivity index (χ1n) is 13.0. The summed E-state index contributed by atoms with van der Waals surface area (Å²) in [7, 11) is 0. The molecule has 0 spiro atoms. The van der Waals surface area contributed by atoms with Crippen LogP contribution in [-0.4, -0.2) is 35.4 Å². The monoisotopic (exact) mass is 469 g/mol. The van der Waals surface area contributed by atoms with Crippen molar-refractivity contribution in [3.8, 4) is 0 Å². The highest BCUT2D eigenvalue weighted by atomic mass is 19.1. The number of carbonyl (C=O) groups excluding carboxylic acids is 1. The number of anilines is 1. The van der Waals surface area contributed by atoms with Gasteiger partial charge in [-0.1, -0.05) is 30.4 Å². The first-order chi connectivity index (χ1) is 17.2. The van der Waals surface area contributed by atoms with E-state index in [4.69, 9.17) is 0 Å². The molecule has 35 heavy (non-hydrogen) atoms. The number of nitrogens with one attached hydrogen (secondary N) is 2. The van der Waals surface area contributed by atoms with E-state index in [1.807, 2.05) is 36.4 Å². The molecule has 6 rings (SSSR count). The minimum atomic E-state index is -0.266. The average Bonchev–Trinajstić information content (AvgIpc) is 3.55. The Morgan fingerprint density at radius 3 is 2.89 bits per heavy atom. The normalized spacial score (nSPS) is 24.9. The smallest absolute Gasteiger partial charge is 0.256 e. The Hall–Kier alpha value is -3.18. The Bertz CT molecular complexity index is 1260. The van der Waals surface area contributed by atoms with Gasteiger partial charge in [0.15, 0.2) is 0 Å². The summed E-state index contributed by atoms with van der Waals surface area (Å²) in [5.41, 5.74) is 6.97. The van der Waals surface area contributed by atoms with Crippen LogP contribution >= 0.6 is 0 Å². The van der Waals surface area contributed by atoms with Crippen molar-refractivity contribution in [2.75, 3.05) is 25.0 Å². The van der Waals surface area contributed by atoms with Crippen molar-refractivity contribution in [1.29, 1.82) is 0 Å². The maximum Gasteiger partial charge on any atom is 0.256 e. The molecule has 2 unspecified atom stereocenters. The van der Waals surface area contributed by atoms with Gasteiger partial charge in [0.25, 0.3) is 5.91 Å². The molecule has 2 aliphatic heterocycles. The van der Waals surface area contributed by atoms with Gasteiger partial charge in [-0.3, -0.25) is 4.79 Å². The molecule has 4 nitrogen and oxygen atoms in total. The van der Waals surface area contributed by atoms with Crippen LogP contribution in [0.25, 0.3) is 11.6 Å². The minimum absolute atomic E-state index is 0.106. The number of benzene rings is 1. The summed E-state index contributed by atoms with van der Waals surface area (Å²) in [6, 6.07) is 8.10. The average molecular weight is 470 g/mol. The number of nitrogens with zero attached hydrogens (tertiary/aromatic N) is 1. The van der Waals surface area contributed by atoms with E-state index in [0.29, 0.717) is 11.5 Å². The van der Waals surface area contributed by atoms with Gasteiger partial charge in [-0.05, 0) is 106 Å². The molecular formula is C30H32FN3O. The lowest BCUT2D eigenvalue weighted by Crippen LogP contribution is -2.23. The number of carbonyl (C=O) groups is 1. The number of likely N-dealkylation sites (tertiary alicyclic amines) is 1. The van der Waals surface area contributed by atoms with Gasteiger partial charge < -0.3 is 15.2 Å². The summed E-state index contributed by atoms with van der Waals surface area (Å²) in [6.07, 6.45) is 18.0. The molecule has 0 radical (unpaired) electrons. The summed E-state index contributed by atoms with van der Waals surface area (Å²) >= 11 is 0. The number of fused-ring (bicyclic) bond motifs is 2. The molecule has 4 aliphatic rings. The van der Waals surface area contributed by atoms with Crippen molar-refractivity contribution in [1.82, 2.24) is 9.88 Å². The zero-order valence-electron chi connectivity index (χ0n) is 20.0. The lowest BCUT2D eigenvalue weighted by molar-refractivity contribution is -0.110. The van der Waals surface area contributed by atoms with Gasteiger partial charge in [0.2, 0.25) is 0 Å². The minimum Gasteiger partial charge on any atom is -0.359 e. The third kappa shape index (κ3) is 4.45. The van der Waals surface area contributed by atoms with Crippen LogP contribution in [0.3, 0.4) is 0 Å². The van der Waals surface area contributed by atoms with Crippen LogP contribution in [-0.2, 0) is 11.2 Å². The van der Waals surface area contributed by atoms with Crippen LogP contribution in [0.5, 0.6) is 0 Å². The van der Waals surface area contributed by atoms with Gasteiger partial charge in [0, 0.05) is 28.6 Å². The number of hydrogen-bond acceptors (Lipinski definition) is 2. The number of aromatic nitrogens is 1. The van der Waals surface area contributed by atoms with Crippen LogP contribution in [0.1, 0.15) is 72.0 Å². The molecule has 3 heterocycles. The van der Waals surface area contributed by atoms with Crippen molar-refractivity contribution < 1.29 is 9.18 Å². The van der Waals surface area contributed by atoms with Crippen LogP contribution in [0, 0.1) is 0 Å². The van der Waals surface area contributed by atoms with E-state index in [1.54, 1.807) is 12.2 Å². The highest BCUT2D eigenvalue weighted by Crippen LogP contribution is 2.41. The fourth-order valence-electron chi connectivity index (χ4n) is 6.17. The number of aromatic amines is 1. The van der Waals surface area contributed by atoms with Gasteiger partial charge >= 0.3 is 0 Å². The number of aryl methyl sites for hydroxylation is 1. The topological polar surface area (TPSA) is 48.1 Å². The van der Waals surface area contributed by atoms with E-state index >= 15 is 0 Å². The first kappa shape index (κ1) is 22.3. The standard InChI is InChI=1S/C30H32FN3O/c31-22-9-2-1-7-21(17-22)24-10-6-12-28-29(24)26(30(35)33-28)19-23-18-25-20(8-5-11-27(25)32-23)13-16-34-14-3-4-15-34/h1-2,6-7,9-10,12,17-21,32H,3-5,8,11,13-16H2,(H,33,35)/b26-19-. The fourth-order valence-corrected chi connectivity index (χ4v) is 6.17. The molecule has 0 saturated carbocycles. The number of halogens is 1. The molecule has 2 aromatic rings. The van der Waals surface area contributed by atoms with E-state index in [2.05, 4.69) is 21.3 Å².